The standard InChI is InChI=1S/C12H12ClNO3S/c1-14(6-10-2-3-11(13)18-10)5-9-4-8(7-17-9)12(15)16/h2-4,7H,5-6H2,1H3,(H,15,16). The smallest absolute Gasteiger partial charge is 0.338 e. The first kappa shape index (κ1) is 13.1. The lowest BCUT2D eigenvalue weighted by molar-refractivity contribution is 0.0696. The minimum Gasteiger partial charge on any atom is -0.478 e. The van der Waals surface area contributed by atoms with Crippen molar-refractivity contribution in [2.75, 3.05) is 7.05 Å². The Morgan fingerprint density at radius 3 is 2.83 bits per heavy atom. The fourth-order valence-electron chi connectivity index (χ4n) is 1.60. The van der Waals surface area contributed by atoms with Crippen LogP contribution in [0.25, 0.3) is 0 Å². The molecule has 0 spiro atoms. The summed E-state index contributed by atoms with van der Waals surface area (Å²) in [6.45, 7) is 1.31. The molecule has 6 heteroatoms. The number of hydrogen-bond acceptors (Lipinski definition) is 4. The Kier molecular flexibility index (Phi) is 4.06. The zero-order valence-electron chi connectivity index (χ0n) is 9.72. The molecule has 0 amide bonds. The minimum atomic E-state index is -0.974. The van der Waals surface area contributed by atoms with Gasteiger partial charge in [0.1, 0.15) is 12.0 Å². The summed E-state index contributed by atoms with van der Waals surface area (Å²) in [5.74, 6) is -0.338. The third kappa shape index (κ3) is 3.35. The highest BCUT2D eigenvalue weighted by molar-refractivity contribution is 7.16. The molecule has 1 N–H and O–H groups in total. The number of nitrogens with zero attached hydrogens (tertiary/aromatic N) is 1. The maximum absolute atomic E-state index is 10.7. The normalized spacial score (nSPS) is 11.1. The second-order valence-electron chi connectivity index (χ2n) is 3.98. The van der Waals surface area contributed by atoms with Crippen molar-refractivity contribution in [2.45, 2.75) is 13.1 Å². The van der Waals surface area contributed by atoms with Crippen molar-refractivity contribution >= 4 is 28.9 Å². The number of halogens is 1. The number of aromatic carboxylic acids is 1. The Morgan fingerprint density at radius 1 is 1.50 bits per heavy atom. The van der Waals surface area contributed by atoms with Crippen LogP contribution in [0.15, 0.2) is 28.9 Å². The van der Waals surface area contributed by atoms with E-state index < -0.39 is 5.97 Å². The maximum Gasteiger partial charge on any atom is 0.338 e. The van der Waals surface area contributed by atoms with E-state index in [0.717, 1.165) is 15.8 Å². The number of thiophene rings is 1. The van der Waals surface area contributed by atoms with Crippen molar-refractivity contribution in [3.8, 4) is 0 Å². The van der Waals surface area contributed by atoms with Gasteiger partial charge in [-0.25, -0.2) is 4.79 Å². The lowest BCUT2D eigenvalue weighted by Gasteiger charge is -2.13. The van der Waals surface area contributed by atoms with Gasteiger partial charge in [-0.1, -0.05) is 11.6 Å². The number of carboxylic acid groups (broad SMARTS) is 1. The van der Waals surface area contributed by atoms with Gasteiger partial charge in [0.25, 0.3) is 0 Å². The van der Waals surface area contributed by atoms with Crippen molar-refractivity contribution < 1.29 is 14.3 Å². The van der Waals surface area contributed by atoms with Crippen molar-refractivity contribution in [3.63, 3.8) is 0 Å². The monoisotopic (exact) mass is 285 g/mol. The Bertz CT molecular complexity index is 549. The highest BCUT2D eigenvalue weighted by atomic mass is 35.5. The van der Waals surface area contributed by atoms with E-state index >= 15 is 0 Å². The molecule has 96 valence electrons. The number of rotatable bonds is 5. The van der Waals surface area contributed by atoms with Gasteiger partial charge in [0.2, 0.25) is 0 Å². The van der Waals surface area contributed by atoms with Crippen LogP contribution in [0, 0.1) is 0 Å². The molecule has 0 radical (unpaired) electrons. The van der Waals surface area contributed by atoms with Crippen LogP contribution in [-0.2, 0) is 13.1 Å². The highest BCUT2D eigenvalue weighted by Crippen LogP contribution is 2.23. The number of carboxylic acids is 1. The molecule has 0 fully saturated rings. The van der Waals surface area contributed by atoms with Gasteiger partial charge in [-0.05, 0) is 25.2 Å². The van der Waals surface area contributed by atoms with E-state index in [1.165, 1.54) is 17.6 Å². The molecule has 0 unspecified atom stereocenters. The predicted octanol–water partition coefficient (Wildman–Crippen LogP) is 3.32. The van der Waals surface area contributed by atoms with Crippen molar-refractivity contribution in [1.82, 2.24) is 4.90 Å². The molecule has 2 heterocycles. The molecule has 0 saturated carbocycles. The molecule has 0 aromatic carbocycles. The Labute approximate surface area is 113 Å². The summed E-state index contributed by atoms with van der Waals surface area (Å²) in [7, 11) is 1.94. The van der Waals surface area contributed by atoms with Crippen LogP contribution >= 0.6 is 22.9 Å². The fourth-order valence-corrected chi connectivity index (χ4v) is 2.77. The van der Waals surface area contributed by atoms with E-state index in [0.29, 0.717) is 12.3 Å². The molecule has 4 nitrogen and oxygen atoms in total. The summed E-state index contributed by atoms with van der Waals surface area (Å²) in [6.07, 6.45) is 1.26. The van der Waals surface area contributed by atoms with Gasteiger partial charge in [0, 0.05) is 11.4 Å². The van der Waals surface area contributed by atoms with Crippen LogP contribution in [0.2, 0.25) is 4.34 Å². The van der Waals surface area contributed by atoms with Gasteiger partial charge < -0.3 is 9.52 Å². The Balaban J connectivity index is 1.94. The van der Waals surface area contributed by atoms with E-state index in [1.807, 2.05) is 24.1 Å². The summed E-state index contributed by atoms with van der Waals surface area (Å²) in [5.41, 5.74) is 0.178. The third-order valence-electron chi connectivity index (χ3n) is 2.38. The molecule has 0 aliphatic heterocycles. The van der Waals surface area contributed by atoms with Gasteiger partial charge >= 0.3 is 5.97 Å². The Morgan fingerprint density at radius 2 is 2.28 bits per heavy atom. The molecule has 0 bridgehead atoms. The molecule has 0 atom stereocenters. The molecule has 0 aliphatic carbocycles. The summed E-state index contributed by atoms with van der Waals surface area (Å²) in [6, 6.07) is 5.39. The van der Waals surface area contributed by atoms with Gasteiger partial charge in [-0.3, -0.25) is 4.90 Å². The topological polar surface area (TPSA) is 53.7 Å². The fraction of sp³-hybridized carbons (Fsp3) is 0.250. The zero-order chi connectivity index (χ0) is 13.1. The van der Waals surface area contributed by atoms with E-state index in [9.17, 15) is 4.79 Å². The predicted molar refractivity (Wildman–Crippen MR) is 70.2 cm³/mol. The van der Waals surface area contributed by atoms with Crippen LogP contribution in [0.1, 0.15) is 21.0 Å². The number of carbonyl (C=O) groups is 1. The Hall–Kier alpha value is -1.30. The minimum absolute atomic E-state index is 0.178. The number of furan rings is 1. The van der Waals surface area contributed by atoms with Crippen molar-refractivity contribution in [2.24, 2.45) is 0 Å². The molecule has 2 aromatic rings. The van der Waals surface area contributed by atoms with E-state index in [2.05, 4.69) is 0 Å². The van der Waals surface area contributed by atoms with E-state index in [4.69, 9.17) is 21.1 Å². The molecule has 0 aliphatic rings. The molecule has 0 saturated heterocycles. The van der Waals surface area contributed by atoms with Crippen molar-refractivity contribution in [1.29, 1.82) is 0 Å². The summed E-state index contributed by atoms with van der Waals surface area (Å²) in [4.78, 5) is 13.9. The maximum atomic E-state index is 10.7. The van der Waals surface area contributed by atoms with Crippen LogP contribution in [0.4, 0.5) is 0 Å². The van der Waals surface area contributed by atoms with E-state index in [-0.39, 0.29) is 5.56 Å². The molecular weight excluding hydrogens is 274 g/mol. The first-order valence-corrected chi connectivity index (χ1v) is 6.47. The first-order valence-electron chi connectivity index (χ1n) is 5.28. The molecule has 2 rings (SSSR count). The SMILES string of the molecule is CN(Cc1cc(C(=O)O)co1)Cc1ccc(Cl)s1. The van der Waals surface area contributed by atoms with Crippen LogP contribution in [0.3, 0.4) is 0 Å². The van der Waals surface area contributed by atoms with Crippen LogP contribution in [-0.4, -0.2) is 23.0 Å². The first-order chi connectivity index (χ1) is 8.54. The average Bonchev–Trinajstić information content (AvgIpc) is 2.88. The highest BCUT2D eigenvalue weighted by Gasteiger charge is 2.10. The summed E-state index contributed by atoms with van der Waals surface area (Å²) < 4.78 is 5.96. The number of hydrogen-bond donors (Lipinski definition) is 1. The largest absolute Gasteiger partial charge is 0.478 e. The quantitative estimate of drug-likeness (QED) is 0.915. The zero-order valence-corrected chi connectivity index (χ0v) is 11.3. The summed E-state index contributed by atoms with van der Waals surface area (Å²) >= 11 is 7.39. The molecule has 18 heavy (non-hydrogen) atoms. The average molecular weight is 286 g/mol. The second-order valence-corrected chi connectivity index (χ2v) is 5.78. The molecular formula is C12H12ClNO3S. The summed E-state index contributed by atoms with van der Waals surface area (Å²) in [5, 5.41) is 8.78. The van der Waals surface area contributed by atoms with Crippen molar-refractivity contribution in [3.05, 3.63) is 45.0 Å². The van der Waals surface area contributed by atoms with Gasteiger partial charge in [-0.2, -0.15) is 0 Å². The van der Waals surface area contributed by atoms with Crippen LogP contribution < -0.4 is 0 Å². The van der Waals surface area contributed by atoms with Gasteiger partial charge in [0.15, 0.2) is 0 Å². The lowest BCUT2D eigenvalue weighted by Crippen LogP contribution is -2.16. The second kappa shape index (κ2) is 5.56. The third-order valence-corrected chi connectivity index (χ3v) is 3.60. The van der Waals surface area contributed by atoms with Gasteiger partial charge in [-0.15, -0.1) is 11.3 Å². The van der Waals surface area contributed by atoms with E-state index in [1.54, 1.807) is 6.07 Å². The lowest BCUT2D eigenvalue weighted by atomic mass is 10.3. The van der Waals surface area contributed by atoms with Gasteiger partial charge in [0.05, 0.1) is 16.4 Å². The molecule has 2 aromatic heterocycles. The van der Waals surface area contributed by atoms with Crippen LogP contribution in [0.5, 0.6) is 0 Å².